The molecule has 4 aromatic heterocycles. The van der Waals surface area contributed by atoms with E-state index in [2.05, 4.69) is 314 Å². The third-order valence-corrected chi connectivity index (χ3v) is 17.1. The van der Waals surface area contributed by atoms with Crippen molar-refractivity contribution >= 4 is 65.4 Å². The molecule has 5 nitrogen and oxygen atoms in total. The Morgan fingerprint density at radius 3 is 1.08 bits per heavy atom. The molecule has 5 heteroatoms. The van der Waals surface area contributed by atoms with Crippen molar-refractivity contribution in [1.29, 1.82) is 0 Å². The largest absolute Gasteiger partial charge is 0.309 e. The van der Waals surface area contributed by atoms with E-state index in [0.717, 1.165) is 100 Å². The van der Waals surface area contributed by atoms with Gasteiger partial charge in [-0.1, -0.05) is 212 Å². The number of rotatable bonds is 9. The average molecular weight is 1070 g/mol. The van der Waals surface area contributed by atoms with Crippen molar-refractivity contribution in [1.82, 2.24) is 23.7 Å². The number of fused-ring (bicyclic) bond motifs is 9. The predicted octanol–water partition coefficient (Wildman–Crippen LogP) is 20.7. The van der Waals surface area contributed by atoms with Crippen LogP contribution in [0.3, 0.4) is 0 Å². The van der Waals surface area contributed by atoms with Gasteiger partial charge >= 0.3 is 0 Å². The van der Waals surface area contributed by atoms with Crippen molar-refractivity contribution < 1.29 is 0 Å². The van der Waals surface area contributed by atoms with Gasteiger partial charge in [-0.2, -0.15) is 0 Å². The van der Waals surface area contributed by atoms with Gasteiger partial charge in [0.25, 0.3) is 0 Å². The van der Waals surface area contributed by atoms with Gasteiger partial charge in [-0.15, -0.1) is 0 Å². The summed E-state index contributed by atoms with van der Waals surface area (Å²) in [6.07, 6.45) is 0. The number of aromatic nitrogens is 5. The van der Waals surface area contributed by atoms with Gasteiger partial charge in [0, 0.05) is 71.3 Å². The molecule has 16 aromatic rings. The first-order chi connectivity index (χ1) is 41.4. The van der Waals surface area contributed by atoms with Crippen LogP contribution in [0.15, 0.2) is 279 Å². The molecule has 0 aliphatic carbocycles. The summed E-state index contributed by atoms with van der Waals surface area (Å²) >= 11 is 0. The Morgan fingerprint density at radius 1 is 0.262 bits per heavy atom. The van der Waals surface area contributed by atoms with Crippen LogP contribution < -0.4 is 0 Å². The molecule has 0 spiro atoms. The molecule has 0 amide bonds. The fourth-order valence-corrected chi connectivity index (χ4v) is 13.7. The van der Waals surface area contributed by atoms with Gasteiger partial charge in [0.15, 0.2) is 5.82 Å². The predicted molar refractivity (Wildman–Crippen MR) is 352 cm³/mol. The van der Waals surface area contributed by atoms with Crippen LogP contribution in [0.1, 0.15) is 16.7 Å². The summed E-state index contributed by atoms with van der Waals surface area (Å²) in [5.41, 5.74) is 25.0. The normalized spacial score (nSPS) is 11.8. The van der Waals surface area contributed by atoms with Gasteiger partial charge in [-0.3, -0.25) is 0 Å². The Balaban J connectivity index is 1.09. The maximum Gasteiger partial charge on any atom is 0.160 e. The molecule has 4 heterocycles. The highest BCUT2D eigenvalue weighted by Crippen LogP contribution is 2.49. The fourth-order valence-electron chi connectivity index (χ4n) is 13.7. The molecule has 0 aliphatic heterocycles. The molecule has 0 radical (unpaired) electrons. The smallest absolute Gasteiger partial charge is 0.160 e. The molecule has 0 aliphatic rings. The zero-order valence-electron chi connectivity index (χ0n) is 46.8. The summed E-state index contributed by atoms with van der Waals surface area (Å²) < 4.78 is 7.49. The number of para-hydroxylation sites is 7. The van der Waals surface area contributed by atoms with Crippen LogP contribution in [-0.2, 0) is 0 Å². The monoisotopic (exact) mass is 1070 g/mol. The third kappa shape index (κ3) is 7.85. The molecule has 0 N–H and O–H groups in total. The Labute approximate surface area is 487 Å². The summed E-state index contributed by atoms with van der Waals surface area (Å²) in [4.78, 5) is 11.2. The van der Waals surface area contributed by atoms with E-state index in [1.54, 1.807) is 0 Å². The molecule has 0 fully saturated rings. The molecule has 0 saturated carbocycles. The first-order valence-corrected chi connectivity index (χ1v) is 28.9. The van der Waals surface area contributed by atoms with Crippen LogP contribution in [0.2, 0.25) is 0 Å². The highest BCUT2D eigenvalue weighted by molar-refractivity contribution is 6.14. The third-order valence-electron chi connectivity index (χ3n) is 17.1. The Kier molecular flexibility index (Phi) is 11.5. The van der Waals surface area contributed by atoms with Gasteiger partial charge in [-0.05, 0) is 116 Å². The van der Waals surface area contributed by atoms with Gasteiger partial charge in [0.1, 0.15) is 0 Å². The van der Waals surface area contributed by atoms with Crippen molar-refractivity contribution in [3.05, 3.63) is 296 Å². The van der Waals surface area contributed by atoms with E-state index in [-0.39, 0.29) is 0 Å². The summed E-state index contributed by atoms with van der Waals surface area (Å²) in [5, 5.41) is 7.17. The fraction of sp³-hybridized carbons (Fsp3) is 0.0380. The number of hydrogen-bond acceptors (Lipinski definition) is 2. The lowest BCUT2D eigenvalue weighted by Gasteiger charge is -2.24. The highest BCUT2D eigenvalue weighted by Gasteiger charge is 2.28. The van der Waals surface area contributed by atoms with E-state index in [1.165, 1.54) is 60.1 Å². The molecule has 0 unspecified atom stereocenters. The highest BCUT2D eigenvalue weighted by atomic mass is 15.0. The van der Waals surface area contributed by atoms with E-state index >= 15 is 0 Å². The number of hydrogen-bond donors (Lipinski definition) is 0. The van der Waals surface area contributed by atoms with Crippen molar-refractivity contribution in [3.8, 4) is 84.3 Å². The minimum atomic E-state index is 0.628. The van der Waals surface area contributed by atoms with E-state index in [1.807, 2.05) is 0 Å². The second kappa shape index (κ2) is 19.7. The van der Waals surface area contributed by atoms with Crippen molar-refractivity contribution in [2.75, 3.05) is 0 Å². The second-order valence-electron chi connectivity index (χ2n) is 22.2. The maximum absolute atomic E-state index is 5.60. The van der Waals surface area contributed by atoms with Crippen molar-refractivity contribution in [3.63, 3.8) is 0 Å². The zero-order chi connectivity index (χ0) is 56.0. The van der Waals surface area contributed by atoms with Crippen LogP contribution in [0.25, 0.3) is 150 Å². The second-order valence-corrected chi connectivity index (χ2v) is 22.2. The Morgan fingerprint density at radius 2 is 0.631 bits per heavy atom. The summed E-state index contributed by atoms with van der Waals surface area (Å²) in [6, 6.07) is 102. The first-order valence-electron chi connectivity index (χ1n) is 28.9. The van der Waals surface area contributed by atoms with Gasteiger partial charge in [-0.25, -0.2) is 9.97 Å². The molecule has 12 aromatic carbocycles. The number of aryl methyl sites for hydroxylation is 3. The van der Waals surface area contributed by atoms with Crippen LogP contribution in [0.5, 0.6) is 0 Å². The topological polar surface area (TPSA) is 40.6 Å². The molecule has 84 heavy (non-hydrogen) atoms. The zero-order valence-corrected chi connectivity index (χ0v) is 46.8. The molecular weight excluding hydrogens is 1020 g/mol. The average Bonchev–Trinajstić information content (AvgIpc) is 1.78. The minimum absolute atomic E-state index is 0.628. The summed E-state index contributed by atoms with van der Waals surface area (Å²) in [7, 11) is 0. The van der Waals surface area contributed by atoms with Crippen LogP contribution in [0, 0.1) is 20.8 Å². The van der Waals surface area contributed by atoms with E-state index in [9.17, 15) is 0 Å². The molecule has 16 rings (SSSR count). The van der Waals surface area contributed by atoms with E-state index in [4.69, 9.17) is 9.97 Å². The lowest BCUT2D eigenvalue weighted by atomic mass is 9.90. The van der Waals surface area contributed by atoms with E-state index < -0.39 is 0 Å². The quantitative estimate of drug-likeness (QED) is 0.145. The molecule has 0 saturated heterocycles. The first kappa shape index (κ1) is 49.0. The Hall–Kier alpha value is -10.9. The van der Waals surface area contributed by atoms with Gasteiger partial charge in [0.2, 0.25) is 0 Å². The molecule has 0 atom stereocenters. The van der Waals surface area contributed by atoms with Crippen LogP contribution in [-0.4, -0.2) is 23.7 Å². The van der Waals surface area contributed by atoms with Crippen LogP contribution >= 0.6 is 0 Å². The summed E-state index contributed by atoms with van der Waals surface area (Å²) in [6.45, 7) is 6.68. The van der Waals surface area contributed by atoms with Crippen molar-refractivity contribution in [2.45, 2.75) is 20.8 Å². The summed E-state index contributed by atoms with van der Waals surface area (Å²) in [5.74, 6) is 0.628. The lowest BCUT2D eigenvalue weighted by molar-refractivity contribution is 1.15. The van der Waals surface area contributed by atoms with Crippen molar-refractivity contribution in [2.24, 2.45) is 0 Å². The minimum Gasteiger partial charge on any atom is -0.309 e. The SMILES string of the molecule is Cc1cc(C)c(-c2ccc3c(c2)c2ccccc2n3-c2c(-c3ccccc3-n3c4ccccc4c4ccccc43)cc(-c3nc(-c4ccccc4)cc(-c4ccccc4)n3)cc2-c2ccccc2-n2c3ccccc3c3ccccc32)c(C)c1. The van der Waals surface area contributed by atoms with Gasteiger partial charge in [0.05, 0.1) is 61.6 Å². The number of nitrogens with zero attached hydrogens (tertiary/aromatic N) is 5. The molecular formula is C79H55N5. The standard InChI is InChI=1S/C79H55N5/c1-50-44-51(2)77(52(3)45-50)55-42-43-76-64(46-55)61-32-14-23-41-75(61)84(76)78-65(62-33-15-21-39-73(62)82-69-35-17-10-28-57(69)58-29-11-18-36-70(58)82)47-56(79-80-67(53-24-6-4-7-25-53)49-68(81-79)54-26-8-5-9-27-54)48-66(78)63-34-16-22-40-74(63)83-71-37-19-12-30-59(71)60-31-13-20-38-72(60)83/h4-49H,1-3H3. The maximum atomic E-state index is 5.60. The lowest BCUT2D eigenvalue weighted by Crippen LogP contribution is -2.06. The number of benzene rings is 12. The van der Waals surface area contributed by atoms with Gasteiger partial charge < -0.3 is 13.7 Å². The van der Waals surface area contributed by atoms with Crippen LogP contribution in [0.4, 0.5) is 0 Å². The Bertz CT molecular complexity index is 4920. The molecule has 396 valence electrons. The van der Waals surface area contributed by atoms with E-state index in [0.29, 0.717) is 5.82 Å². The molecule has 0 bridgehead atoms.